The van der Waals surface area contributed by atoms with E-state index in [1.54, 1.807) is 0 Å². The normalized spacial score (nSPS) is 22.9. The summed E-state index contributed by atoms with van der Waals surface area (Å²) in [6.45, 7) is 13.9. The number of hydrogen-bond acceptors (Lipinski definition) is 4. The second-order valence-electron chi connectivity index (χ2n) is 6.94. The lowest BCUT2D eigenvalue weighted by Gasteiger charge is -2.53. The number of hydrogen-bond donors (Lipinski definition) is 0. The maximum atomic E-state index is 4.45. The van der Waals surface area contributed by atoms with E-state index >= 15 is 0 Å². The highest BCUT2D eigenvalue weighted by atomic mass is 15.4. The van der Waals surface area contributed by atoms with Crippen LogP contribution in [0, 0.1) is 0 Å². The van der Waals surface area contributed by atoms with Crippen LogP contribution in [0.25, 0.3) is 0 Å². The van der Waals surface area contributed by atoms with Gasteiger partial charge in [-0.25, -0.2) is 4.98 Å². The van der Waals surface area contributed by atoms with Crippen LogP contribution in [0.5, 0.6) is 0 Å². The molecule has 3 rings (SSSR count). The first kappa shape index (κ1) is 13.8. The Hall–Kier alpha value is -1.13. The molecule has 0 bridgehead atoms. The lowest BCUT2D eigenvalue weighted by molar-refractivity contribution is -0.0237. The van der Waals surface area contributed by atoms with Gasteiger partial charge in [0.15, 0.2) is 0 Å². The number of nitrogens with zero attached hydrogens (tertiary/aromatic N) is 4. The van der Waals surface area contributed by atoms with E-state index in [2.05, 4.69) is 52.6 Å². The zero-order chi connectivity index (χ0) is 14.2. The minimum absolute atomic E-state index is 0.326. The SMILES string of the molecule is CC(C)(C)N1CC(N2CCN(c3ccccn3)CC2)C1. The maximum Gasteiger partial charge on any atom is 0.128 e. The molecule has 20 heavy (non-hydrogen) atoms. The zero-order valence-corrected chi connectivity index (χ0v) is 12.9. The van der Waals surface area contributed by atoms with Gasteiger partial charge in [-0.2, -0.15) is 0 Å². The molecule has 2 aliphatic rings. The third-order valence-electron chi connectivity index (χ3n) is 4.61. The van der Waals surface area contributed by atoms with Gasteiger partial charge in [-0.05, 0) is 32.9 Å². The highest BCUT2D eigenvalue weighted by molar-refractivity contribution is 5.38. The number of rotatable bonds is 2. The highest BCUT2D eigenvalue weighted by Gasteiger charge is 2.38. The first-order chi connectivity index (χ1) is 9.54. The van der Waals surface area contributed by atoms with E-state index in [1.807, 2.05) is 12.3 Å². The van der Waals surface area contributed by atoms with Crippen LogP contribution in [0.15, 0.2) is 24.4 Å². The fourth-order valence-electron chi connectivity index (χ4n) is 3.09. The van der Waals surface area contributed by atoms with E-state index < -0.39 is 0 Å². The minimum atomic E-state index is 0.326. The smallest absolute Gasteiger partial charge is 0.128 e. The summed E-state index contributed by atoms with van der Waals surface area (Å²) < 4.78 is 0. The minimum Gasteiger partial charge on any atom is -0.354 e. The molecule has 2 fully saturated rings. The standard InChI is InChI=1S/C16H26N4/c1-16(2,3)20-12-14(13-20)18-8-10-19(11-9-18)15-6-4-5-7-17-15/h4-7,14H,8-13H2,1-3H3. The molecule has 110 valence electrons. The number of pyridine rings is 1. The van der Waals surface area contributed by atoms with Crippen molar-refractivity contribution in [3.8, 4) is 0 Å². The summed E-state index contributed by atoms with van der Waals surface area (Å²) in [4.78, 5) is 12.1. The van der Waals surface area contributed by atoms with Crippen LogP contribution in [0.1, 0.15) is 20.8 Å². The van der Waals surface area contributed by atoms with E-state index in [1.165, 1.54) is 26.2 Å². The molecule has 0 radical (unpaired) electrons. The molecule has 1 aromatic rings. The summed E-state index contributed by atoms with van der Waals surface area (Å²) in [5.74, 6) is 1.12. The Morgan fingerprint density at radius 3 is 2.30 bits per heavy atom. The summed E-state index contributed by atoms with van der Waals surface area (Å²) >= 11 is 0. The highest BCUT2D eigenvalue weighted by Crippen LogP contribution is 2.25. The molecule has 4 heteroatoms. The van der Waals surface area contributed by atoms with Crippen LogP contribution in [-0.2, 0) is 0 Å². The van der Waals surface area contributed by atoms with Crippen molar-refractivity contribution in [2.45, 2.75) is 32.4 Å². The van der Waals surface area contributed by atoms with Gasteiger partial charge >= 0.3 is 0 Å². The van der Waals surface area contributed by atoms with Crippen molar-refractivity contribution in [3.63, 3.8) is 0 Å². The third kappa shape index (κ3) is 2.81. The van der Waals surface area contributed by atoms with Crippen LogP contribution in [0.3, 0.4) is 0 Å². The van der Waals surface area contributed by atoms with Gasteiger partial charge in [-0.15, -0.1) is 0 Å². The van der Waals surface area contributed by atoms with Crippen LogP contribution < -0.4 is 4.90 Å². The lowest BCUT2D eigenvalue weighted by atomic mass is 9.96. The van der Waals surface area contributed by atoms with E-state index in [9.17, 15) is 0 Å². The molecule has 0 spiro atoms. The van der Waals surface area contributed by atoms with E-state index in [0.717, 1.165) is 24.9 Å². The fourth-order valence-corrected chi connectivity index (χ4v) is 3.09. The molecule has 2 saturated heterocycles. The number of piperazine rings is 1. The molecule has 3 heterocycles. The van der Waals surface area contributed by atoms with E-state index in [0.29, 0.717) is 5.54 Å². The zero-order valence-electron chi connectivity index (χ0n) is 12.9. The number of likely N-dealkylation sites (tertiary alicyclic amines) is 1. The molecule has 4 nitrogen and oxygen atoms in total. The quantitative estimate of drug-likeness (QED) is 0.818. The average molecular weight is 274 g/mol. The molecular weight excluding hydrogens is 248 g/mol. The largest absolute Gasteiger partial charge is 0.354 e. The Balaban J connectivity index is 1.48. The first-order valence-electron chi connectivity index (χ1n) is 7.69. The van der Waals surface area contributed by atoms with Crippen molar-refractivity contribution in [1.29, 1.82) is 0 Å². The van der Waals surface area contributed by atoms with Gasteiger partial charge in [0.05, 0.1) is 0 Å². The topological polar surface area (TPSA) is 22.6 Å². The fraction of sp³-hybridized carbons (Fsp3) is 0.688. The van der Waals surface area contributed by atoms with Crippen LogP contribution in [0.4, 0.5) is 5.82 Å². The van der Waals surface area contributed by atoms with Crippen LogP contribution >= 0.6 is 0 Å². The summed E-state index contributed by atoms with van der Waals surface area (Å²) in [6.07, 6.45) is 1.88. The Morgan fingerprint density at radius 2 is 1.75 bits per heavy atom. The van der Waals surface area contributed by atoms with Gasteiger partial charge in [-0.1, -0.05) is 6.07 Å². The molecule has 0 amide bonds. The molecule has 0 atom stereocenters. The molecule has 0 N–H and O–H groups in total. The van der Waals surface area contributed by atoms with Crippen molar-refractivity contribution in [3.05, 3.63) is 24.4 Å². The van der Waals surface area contributed by atoms with Gasteiger partial charge in [0.1, 0.15) is 5.82 Å². The molecule has 2 aliphatic heterocycles. The van der Waals surface area contributed by atoms with Crippen molar-refractivity contribution >= 4 is 5.82 Å². The molecule has 0 aliphatic carbocycles. The van der Waals surface area contributed by atoms with E-state index in [4.69, 9.17) is 0 Å². The summed E-state index contributed by atoms with van der Waals surface area (Å²) in [5.41, 5.74) is 0.326. The van der Waals surface area contributed by atoms with Gasteiger partial charge < -0.3 is 4.90 Å². The predicted octanol–water partition coefficient (Wildman–Crippen LogP) is 1.69. The van der Waals surface area contributed by atoms with Gasteiger partial charge in [-0.3, -0.25) is 9.80 Å². The Kier molecular flexibility index (Phi) is 3.69. The first-order valence-corrected chi connectivity index (χ1v) is 7.69. The maximum absolute atomic E-state index is 4.45. The van der Waals surface area contributed by atoms with E-state index in [-0.39, 0.29) is 0 Å². The Morgan fingerprint density at radius 1 is 1.05 bits per heavy atom. The molecule has 0 aromatic carbocycles. The predicted molar refractivity (Wildman–Crippen MR) is 83.1 cm³/mol. The summed E-state index contributed by atoms with van der Waals surface area (Å²) in [7, 11) is 0. The van der Waals surface area contributed by atoms with Gasteiger partial charge in [0, 0.05) is 57.0 Å². The van der Waals surface area contributed by atoms with Gasteiger partial charge in [0.25, 0.3) is 0 Å². The molecular formula is C16H26N4. The second kappa shape index (κ2) is 5.34. The lowest BCUT2D eigenvalue weighted by Crippen LogP contribution is -2.66. The number of anilines is 1. The molecule has 1 aromatic heterocycles. The monoisotopic (exact) mass is 274 g/mol. The number of aromatic nitrogens is 1. The summed E-state index contributed by atoms with van der Waals surface area (Å²) in [5, 5.41) is 0. The Labute approximate surface area is 122 Å². The molecule has 0 saturated carbocycles. The van der Waals surface area contributed by atoms with Crippen molar-refractivity contribution in [2.75, 3.05) is 44.2 Å². The average Bonchev–Trinajstić information content (AvgIpc) is 2.37. The third-order valence-corrected chi connectivity index (χ3v) is 4.61. The van der Waals surface area contributed by atoms with Crippen molar-refractivity contribution in [1.82, 2.24) is 14.8 Å². The second-order valence-corrected chi connectivity index (χ2v) is 6.94. The van der Waals surface area contributed by atoms with Crippen molar-refractivity contribution in [2.24, 2.45) is 0 Å². The molecule has 0 unspecified atom stereocenters. The Bertz CT molecular complexity index is 426. The summed E-state index contributed by atoms with van der Waals surface area (Å²) in [6, 6.07) is 6.93. The van der Waals surface area contributed by atoms with Crippen LogP contribution in [0.2, 0.25) is 0 Å². The van der Waals surface area contributed by atoms with Crippen LogP contribution in [-0.4, -0.2) is 65.6 Å². The van der Waals surface area contributed by atoms with Crippen molar-refractivity contribution < 1.29 is 0 Å². The van der Waals surface area contributed by atoms with Gasteiger partial charge in [0.2, 0.25) is 0 Å².